The Balaban J connectivity index is 1.32. The van der Waals surface area contributed by atoms with Gasteiger partial charge in [0.25, 0.3) is 0 Å². The molecule has 0 amide bonds. The van der Waals surface area contributed by atoms with Gasteiger partial charge in [-0.1, -0.05) is 5.10 Å². The first-order valence-electron chi connectivity index (χ1n) is 9.15. The third-order valence-electron chi connectivity index (χ3n) is 5.08. The van der Waals surface area contributed by atoms with Crippen molar-refractivity contribution >= 4 is 12.0 Å². The fourth-order valence-electron chi connectivity index (χ4n) is 3.46. The lowest BCUT2D eigenvalue weighted by molar-refractivity contribution is 0.0352. The van der Waals surface area contributed by atoms with Crippen LogP contribution in [0.2, 0.25) is 0 Å². The Kier molecular flexibility index (Phi) is 3.77. The van der Waals surface area contributed by atoms with Gasteiger partial charge in [0.15, 0.2) is 0 Å². The van der Waals surface area contributed by atoms with E-state index in [9.17, 15) is 0 Å². The topological polar surface area (TPSA) is 80.4 Å². The van der Waals surface area contributed by atoms with Gasteiger partial charge in [-0.25, -0.2) is 9.97 Å². The number of hydrogen-bond donors (Lipinski definition) is 0. The fraction of sp³-hybridized carbons (Fsp3) is 0.647. The first-order chi connectivity index (χ1) is 12.4. The maximum atomic E-state index is 5.96. The molecule has 25 heavy (non-hydrogen) atoms. The van der Waals surface area contributed by atoms with Gasteiger partial charge in [0.1, 0.15) is 6.10 Å². The number of nitrogens with zero attached hydrogens (tertiary/aromatic N) is 6. The molecular formula is C17H22N6O2. The van der Waals surface area contributed by atoms with Crippen molar-refractivity contribution in [2.45, 2.75) is 37.7 Å². The molecule has 2 aliphatic heterocycles. The number of anilines is 2. The van der Waals surface area contributed by atoms with Crippen molar-refractivity contribution in [1.82, 2.24) is 20.2 Å². The Morgan fingerprint density at radius 3 is 2.76 bits per heavy atom. The Morgan fingerprint density at radius 2 is 1.92 bits per heavy atom. The van der Waals surface area contributed by atoms with Gasteiger partial charge in [0.05, 0.1) is 18.8 Å². The van der Waals surface area contributed by atoms with Crippen LogP contribution in [0, 0.1) is 0 Å². The maximum absolute atomic E-state index is 5.96. The molecule has 0 spiro atoms. The first kappa shape index (κ1) is 15.1. The molecule has 3 fully saturated rings. The minimum Gasteiger partial charge on any atom is -0.408 e. The summed E-state index contributed by atoms with van der Waals surface area (Å²) in [7, 11) is 0. The number of aromatic nitrogens is 4. The molecule has 2 aromatic rings. The van der Waals surface area contributed by atoms with E-state index in [0.29, 0.717) is 25.1 Å². The highest BCUT2D eigenvalue weighted by atomic mass is 16.5. The van der Waals surface area contributed by atoms with E-state index in [-0.39, 0.29) is 6.10 Å². The lowest BCUT2D eigenvalue weighted by atomic mass is 10.2. The van der Waals surface area contributed by atoms with Crippen molar-refractivity contribution in [1.29, 1.82) is 0 Å². The van der Waals surface area contributed by atoms with E-state index >= 15 is 0 Å². The fourth-order valence-corrected chi connectivity index (χ4v) is 3.46. The number of ether oxygens (including phenoxy) is 1. The quantitative estimate of drug-likeness (QED) is 0.834. The highest BCUT2D eigenvalue weighted by molar-refractivity contribution is 5.33. The van der Waals surface area contributed by atoms with E-state index < -0.39 is 0 Å². The Hall–Kier alpha value is -2.22. The van der Waals surface area contributed by atoms with Crippen LogP contribution in [0.15, 0.2) is 16.7 Å². The van der Waals surface area contributed by atoms with Gasteiger partial charge in [-0.15, -0.1) is 5.10 Å². The number of morpholine rings is 1. The standard InChI is InChI=1S/C17H22N6O2/c1-2-8-22(7-1)16-18-6-5-13(19-16)14-11-23(9-10-24-14)17-21-20-15(25-17)12-3-4-12/h5-6,12,14H,1-4,7-11H2. The molecule has 1 saturated carbocycles. The molecule has 1 aliphatic carbocycles. The van der Waals surface area contributed by atoms with Crippen LogP contribution in [-0.4, -0.2) is 53.0 Å². The second kappa shape index (κ2) is 6.25. The van der Waals surface area contributed by atoms with E-state index in [2.05, 4.69) is 25.0 Å². The second-order valence-corrected chi connectivity index (χ2v) is 6.98. The molecule has 1 unspecified atom stereocenters. The van der Waals surface area contributed by atoms with Crippen LogP contribution < -0.4 is 9.80 Å². The van der Waals surface area contributed by atoms with Crippen LogP contribution in [0.1, 0.15) is 49.3 Å². The van der Waals surface area contributed by atoms with Crippen LogP contribution >= 0.6 is 0 Å². The van der Waals surface area contributed by atoms with Crippen molar-refractivity contribution in [3.05, 3.63) is 23.8 Å². The number of rotatable bonds is 4. The summed E-state index contributed by atoms with van der Waals surface area (Å²) in [4.78, 5) is 13.5. The minimum atomic E-state index is -0.102. The molecule has 1 atom stereocenters. The van der Waals surface area contributed by atoms with E-state index in [4.69, 9.17) is 14.1 Å². The highest BCUT2D eigenvalue weighted by Gasteiger charge is 2.32. The monoisotopic (exact) mass is 342 g/mol. The van der Waals surface area contributed by atoms with Crippen molar-refractivity contribution in [2.75, 3.05) is 42.6 Å². The Labute approximate surface area is 146 Å². The lowest BCUT2D eigenvalue weighted by Crippen LogP contribution is -2.39. The van der Waals surface area contributed by atoms with Gasteiger partial charge in [-0.2, -0.15) is 0 Å². The summed E-state index contributed by atoms with van der Waals surface area (Å²) in [6.45, 7) is 4.12. The molecule has 0 bridgehead atoms. The van der Waals surface area contributed by atoms with Gasteiger partial charge >= 0.3 is 6.01 Å². The molecule has 0 aromatic carbocycles. The van der Waals surface area contributed by atoms with Crippen LogP contribution in [-0.2, 0) is 4.74 Å². The van der Waals surface area contributed by atoms with Crippen molar-refractivity contribution in [3.8, 4) is 0 Å². The molecule has 2 aromatic heterocycles. The average molecular weight is 342 g/mol. The molecule has 3 aliphatic rings. The second-order valence-electron chi connectivity index (χ2n) is 6.98. The van der Waals surface area contributed by atoms with Crippen molar-refractivity contribution in [2.24, 2.45) is 0 Å². The van der Waals surface area contributed by atoms with Crippen LogP contribution in [0.4, 0.5) is 12.0 Å². The molecule has 8 heteroatoms. The molecule has 5 rings (SSSR count). The van der Waals surface area contributed by atoms with E-state index in [1.807, 2.05) is 12.3 Å². The Bertz CT molecular complexity index is 740. The smallest absolute Gasteiger partial charge is 0.318 e. The van der Waals surface area contributed by atoms with E-state index in [1.54, 1.807) is 0 Å². The maximum Gasteiger partial charge on any atom is 0.318 e. The summed E-state index contributed by atoms with van der Waals surface area (Å²) in [5.74, 6) is 2.06. The lowest BCUT2D eigenvalue weighted by Gasteiger charge is -2.31. The van der Waals surface area contributed by atoms with Crippen molar-refractivity contribution in [3.63, 3.8) is 0 Å². The Morgan fingerprint density at radius 1 is 1.04 bits per heavy atom. The van der Waals surface area contributed by atoms with Gasteiger partial charge in [0, 0.05) is 31.7 Å². The predicted octanol–water partition coefficient (Wildman–Crippen LogP) is 1.92. The first-order valence-corrected chi connectivity index (χ1v) is 9.15. The summed E-state index contributed by atoms with van der Waals surface area (Å²) in [5.41, 5.74) is 0.920. The van der Waals surface area contributed by atoms with Crippen LogP contribution in [0.25, 0.3) is 0 Å². The predicted molar refractivity (Wildman–Crippen MR) is 90.7 cm³/mol. The molecule has 8 nitrogen and oxygen atoms in total. The normalized spacial score (nSPS) is 24.1. The molecular weight excluding hydrogens is 320 g/mol. The van der Waals surface area contributed by atoms with Gasteiger partial charge in [-0.3, -0.25) is 0 Å². The van der Waals surface area contributed by atoms with E-state index in [1.165, 1.54) is 12.8 Å². The molecule has 0 N–H and O–H groups in total. The minimum absolute atomic E-state index is 0.102. The van der Waals surface area contributed by atoms with Gasteiger partial charge in [-0.05, 0) is 31.7 Å². The summed E-state index contributed by atoms with van der Waals surface area (Å²) >= 11 is 0. The molecule has 4 heterocycles. The zero-order valence-electron chi connectivity index (χ0n) is 14.2. The van der Waals surface area contributed by atoms with Crippen LogP contribution in [0.5, 0.6) is 0 Å². The van der Waals surface area contributed by atoms with Gasteiger partial charge in [0.2, 0.25) is 11.8 Å². The highest BCUT2D eigenvalue weighted by Crippen LogP contribution is 2.40. The SMILES string of the molecule is c1cc(C2CN(c3nnc(C4CC4)o3)CCO2)nc(N2CCCC2)n1. The third kappa shape index (κ3) is 3.06. The van der Waals surface area contributed by atoms with Crippen molar-refractivity contribution < 1.29 is 9.15 Å². The molecule has 0 radical (unpaired) electrons. The summed E-state index contributed by atoms with van der Waals surface area (Å²) < 4.78 is 11.8. The number of hydrogen-bond acceptors (Lipinski definition) is 8. The van der Waals surface area contributed by atoms with Crippen LogP contribution in [0.3, 0.4) is 0 Å². The summed E-state index contributed by atoms with van der Waals surface area (Å²) in [6.07, 6.45) is 6.47. The third-order valence-corrected chi connectivity index (χ3v) is 5.08. The summed E-state index contributed by atoms with van der Waals surface area (Å²) in [5, 5.41) is 8.41. The molecule has 132 valence electrons. The zero-order valence-corrected chi connectivity index (χ0v) is 14.2. The molecule has 2 saturated heterocycles. The van der Waals surface area contributed by atoms with E-state index in [0.717, 1.165) is 50.0 Å². The zero-order chi connectivity index (χ0) is 16.6. The average Bonchev–Trinajstić information content (AvgIpc) is 3.17. The summed E-state index contributed by atoms with van der Waals surface area (Å²) in [6, 6.07) is 2.54. The largest absolute Gasteiger partial charge is 0.408 e. The van der Waals surface area contributed by atoms with Gasteiger partial charge < -0.3 is 19.0 Å².